The number of hydrazine groups is 1. The predicted octanol–water partition coefficient (Wildman–Crippen LogP) is 4.74. The van der Waals surface area contributed by atoms with Crippen LogP contribution in [-0.2, 0) is 22.6 Å². The van der Waals surface area contributed by atoms with Crippen LogP contribution in [0.3, 0.4) is 0 Å². The molecule has 0 bridgehead atoms. The third-order valence-corrected chi connectivity index (χ3v) is 9.03. The number of nitriles is 1. The number of fused-ring (bicyclic) bond motifs is 3. The van der Waals surface area contributed by atoms with Gasteiger partial charge in [0, 0.05) is 24.9 Å². The summed E-state index contributed by atoms with van der Waals surface area (Å²) in [6.45, 7) is 0.494. The first kappa shape index (κ1) is 29.3. The largest absolute Gasteiger partial charge is 0.464 e. The predicted molar refractivity (Wildman–Crippen MR) is 173 cm³/mol. The lowest BCUT2D eigenvalue weighted by Gasteiger charge is -2.46. The average Bonchev–Trinajstić information content (AvgIpc) is 3.68. The normalized spacial score (nSPS) is 19.8. The number of urea groups is 1. The van der Waals surface area contributed by atoms with Crippen molar-refractivity contribution in [1.29, 1.82) is 5.26 Å². The Labute approximate surface area is 266 Å². The second-order valence-electron chi connectivity index (χ2n) is 11.9. The maximum Gasteiger partial charge on any atom is 0.333 e. The fourth-order valence-electron chi connectivity index (χ4n) is 6.81. The molecular formula is C36H34N6O4. The average molecular weight is 615 g/mol. The van der Waals surface area contributed by atoms with Crippen LogP contribution in [0.1, 0.15) is 24.0 Å². The summed E-state index contributed by atoms with van der Waals surface area (Å²) in [7, 11) is 0. The van der Waals surface area contributed by atoms with Crippen LogP contribution in [0.15, 0.2) is 101 Å². The third-order valence-electron chi connectivity index (χ3n) is 9.03. The zero-order chi connectivity index (χ0) is 31.6. The number of carbonyl (C=O) groups is 3. The maximum absolute atomic E-state index is 14.3. The van der Waals surface area contributed by atoms with Crippen molar-refractivity contribution in [3.63, 3.8) is 0 Å². The number of benzene rings is 3. The molecule has 4 amide bonds. The van der Waals surface area contributed by atoms with Crippen LogP contribution in [0.4, 0.5) is 4.79 Å². The van der Waals surface area contributed by atoms with Gasteiger partial charge >= 0.3 is 6.03 Å². The lowest BCUT2D eigenvalue weighted by Crippen LogP contribution is -2.66. The van der Waals surface area contributed by atoms with E-state index in [1.807, 2.05) is 72.8 Å². The van der Waals surface area contributed by atoms with Crippen LogP contribution in [-0.4, -0.2) is 76.0 Å². The summed E-state index contributed by atoms with van der Waals surface area (Å²) in [6.07, 6.45) is 9.32. The first-order valence-electron chi connectivity index (χ1n) is 15.6. The lowest BCUT2D eigenvalue weighted by atomic mass is 9.98. The van der Waals surface area contributed by atoms with Crippen molar-refractivity contribution in [2.45, 2.75) is 38.0 Å². The van der Waals surface area contributed by atoms with Gasteiger partial charge in [0.1, 0.15) is 24.3 Å². The summed E-state index contributed by atoms with van der Waals surface area (Å²) in [5.41, 5.74) is 3.63. The van der Waals surface area contributed by atoms with Gasteiger partial charge in [-0.2, -0.15) is 10.3 Å². The van der Waals surface area contributed by atoms with Gasteiger partial charge in [-0.1, -0.05) is 66.8 Å². The molecule has 3 aliphatic rings. The summed E-state index contributed by atoms with van der Waals surface area (Å²) in [5.74, 6) is -0.412. The molecule has 2 aliphatic heterocycles. The third kappa shape index (κ3) is 5.61. The molecule has 1 aliphatic carbocycles. The van der Waals surface area contributed by atoms with Gasteiger partial charge in [-0.05, 0) is 58.5 Å². The molecule has 10 nitrogen and oxygen atoms in total. The van der Waals surface area contributed by atoms with Crippen LogP contribution in [0.5, 0.6) is 0 Å². The molecule has 0 radical (unpaired) electrons. The summed E-state index contributed by atoms with van der Waals surface area (Å²) < 4.78 is 5.51. The first-order chi connectivity index (χ1) is 22.5. The standard InChI is InChI=1S/C36H34N6O4/c37-16-17-40(36(45)38-21-25-7-2-1-3-8-25)41-24-34(43)42-31(20-26-13-14-32-28(19-26)15-18-46-32)35(44)39(23-33(41)42)22-29-11-6-10-27-9-4-5-12-30(27)29/h2,4-15,18-19,31,33H,1,3,17,20-24H2,(H,38,45)/t31-,33+/m0/s1. The topological polar surface area (TPSA) is 113 Å². The van der Waals surface area contributed by atoms with Gasteiger partial charge in [0.05, 0.1) is 25.4 Å². The van der Waals surface area contributed by atoms with Crippen LogP contribution >= 0.6 is 0 Å². The Balaban J connectivity index is 1.21. The van der Waals surface area contributed by atoms with Crippen LogP contribution in [0, 0.1) is 11.3 Å². The number of nitrogens with zero attached hydrogens (tertiary/aromatic N) is 5. The van der Waals surface area contributed by atoms with E-state index in [0.29, 0.717) is 19.5 Å². The Kier molecular flexibility index (Phi) is 7.99. The van der Waals surface area contributed by atoms with Crippen molar-refractivity contribution in [1.82, 2.24) is 25.1 Å². The molecule has 2 fully saturated rings. The van der Waals surface area contributed by atoms with Gasteiger partial charge in [0.2, 0.25) is 11.8 Å². The van der Waals surface area contributed by atoms with E-state index in [2.05, 4.69) is 23.5 Å². The molecule has 232 valence electrons. The van der Waals surface area contributed by atoms with Gasteiger partial charge in [0.15, 0.2) is 0 Å². The number of furan rings is 1. The molecule has 3 heterocycles. The number of hydrogen-bond donors (Lipinski definition) is 1. The minimum Gasteiger partial charge on any atom is -0.464 e. The molecule has 2 saturated heterocycles. The minimum absolute atomic E-state index is 0.116. The maximum atomic E-state index is 14.3. The molecule has 4 aromatic rings. The number of nitrogens with one attached hydrogen (secondary N) is 1. The van der Waals surface area contributed by atoms with Crippen molar-refractivity contribution < 1.29 is 18.8 Å². The summed E-state index contributed by atoms with van der Waals surface area (Å²) in [4.78, 5) is 45.0. The van der Waals surface area contributed by atoms with E-state index in [-0.39, 0.29) is 31.4 Å². The van der Waals surface area contributed by atoms with E-state index >= 15 is 0 Å². The van der Waals surface area contributed by atoms with Gasteiger partial charge in [-0.3, -0.25) is 9.59 Å². The molecule has 3 aromatic carbocycles. The minimum atomic E-state index is -0.792. The summed E-state index contributed by atoms with van der Waals surface area (Å²) in [6, 6.07) is 22.6. The highest BCUT2D eigenvalue weighted by molar-refractivity contribution is 5.93. The van der Waals surface area contributed by atoms with Gasteiger partial charge < -0.3 is 19.5 Å². The van der Waals surface area contributed by atoms with Crippen molar-refractivity contribution in [2.75, 3.05) is 26.2 Å². The van der Waals surface area contributed by atoms with E-state index in [0.717, 1.165) is 51.3 Å². The molecule has 2 atom stereocenters. The van der Waals surface area contributed by atoms with Crippen LogP contribution < -0.4 is 5.32 Å². The summed E-state index contributed by atoms with van der Waals surface area (Å²) >= 11 is 0. The molecule has 0 unspecified atom stereocenters. The molecule has 0 saturated carbocycles. The fraction of sp³-hybridized carbons (Fsp3) is 0.278. The number of amides is 4. The van der Waals surface area contributed by atoms with E-state index < -0.39 is 18.2 Å². The Hall–Kier alpha value is -5.40. The number of rotatable bonds is 8. The second kappa shape index (κ2) is 12.5. The van der Waals surface area contributed by atoms with E-state index in [1.54, 1.807) is 21.1 Å². The Morgan fingerprint density at radius 3 is 2.76 bits per heavy atom. The highest BCUT2D eigenvalue weighted by Gasteiger charge is 2.52. The smallest absolute Gasteiger partial charge is 0.333 e. The van der Waals surface area contributed by atoms with Gasteiger partial charge in [0.25, 0.3) is 0 Å². The second-order valence-corrected chi connectivity index (χ2v) is 11.9. The van der Waals surface area contributed by atoms with Crippen LogP contribution in [0.25, 0.3) is 21.7 Å². The Morgan fingerprint density at radius 2 is 1.91 bits per heavy atom. The quantitative estimate of drug-likeness (QED) is 0.287. The van der Waals surface area contributed by atoms with E-state index in [9.17, 15) is 19.6 Å². The highest BCUT2D eigenvalue weighted by Crippen LogP contribution is 2.32. The molecular weight excluding hydrogens is 580 g/mol. The summed E-state index contributed by atoms with van der Waals surface area (Å²) in [5, 5.41) is 18.7. The Bertz CT molecular complexity index is 1920. The van der Waals surface area contributed by atoms with E-state index in [4.69, 9.17) is 4.42 Å². The molecule has 1 N–H and O–H groups in total. The van der Waals surface area contributed by atoms with Crippen molar-refractivity contribution in [3.8, 4) is 6.07 Å². The molecule has 1 aromatic heterocycles. The van der Waals surface area contributed by atoms with Crippen LogP contribution in [0.2, 0.25) is 0 Å². The molecule has 46 heavy (non-hydrogen) atoms. The zero-order valence-corrected chi connectivity index (χ0v) is 25.3. The first-order valence-corrected chi connectivity index (χ1v) is 15.6. The molecule has 0 spiro atoms. The fourth-order valence-corrected chi connectivity index (χ4v) is 6.81. The highest BCUT2D eigenvalue weighted by atomic mass is 16.3. The lowest BCUT2D eigenvalue weighted by molar-refractivity contribution is -0.157. The number of carbonyl (C=O) groups excluding carboxylic acids is 3. The molecule has 7 rings (SSSR count). The number of allylic oxidation sites excluding steroid dienone is 2. The van der Waals surface area contributed by atoms with Crippen molar-refractivity contribution >= 4 is 39.6 Å². The van der Waals surface area contributed by atoms with E-state index in [1.165, 1.54) is 5.01 Å². The van der Waals surface area contributed by atoms with Gasteiger partial charge in [-0.25, -0.2) is 9.80 Å². The Morgan fingerprint density at radius 1 is 1.04 bits per heavy atom. The number of hydrogen-bond acceptors (Lipinski definition) is 6. The SMILES string of the molecule is N#CCN(C(=O)NCC1=CCCC=C1)N1CC(=O)N2[C@@H](Cc3ccc4occc4c3)C(=O)N(Cc3cccc4ccccc34)C[C@@H]21. The number of piperazine rings is 1. The van der Waals surface area contributed by atoms with Crippen molar-refractivity contribution in [2.24, 2.45) is 0 Å². The van der Waals surface area contributed by atoms with Crippen molar-refractivity contribution in [3.05, 3.63) is 108 Å². The van der Waals surface area contributed by atoms with Gasteiger partial charge in [-0.15, -0.1) is 0 Å². The monoisotopic (exact) mass is 614 g/mol. The molecule has 10 heteroatoms. The zero-order valence-electron chi connectivity index (χ0n) is 25.3.